The van der Waals surface area contributed by atoms with Gasteiger partial charge >= 0.3 is 5.97 Å². The van der Waals surface area contributed by atoms with Crippen LogP contribution in [0.2, 0.25) is 0 Å². The number of nitriles is 1. The van der Waals surface area contributed by atoms with Gasteiger partial charge in [0, 0.05) is 0 Å². The summed E-state index contributed by atoms with van der Waals surface area (Å²) in [5.41, 5.74) is 1.43. The van der Waals surface area contributed by atoms with E-state index in [1.54, 1.807) is 24.3 Å². The van der Waals surface area contributed by atoms with Crippen LogP contribution in [0.1, 0.15) is 16.2 Å². The maximum Gasteiger partial charge on any atom is 0.358 e. The Labute approximate surface area is 103 Å². The average Bonchev–Trinajstić information content (AvgIpc) is 2.46. The SMILES string of the molecule is COC(=O)c1ccc(-c2cccc(C#N)n2)nn1. The molecule has 18 heavy (non-hydrogen) atoms. The highest BCUT2D eigenvalue weighted by Crippen LogP contribution is 2.13. The predicted octanol–water partition coefficient (Wildman–Crippen LogP) is 1.20. The van der Waals surface area contributed by atoms with Crippen LogP contribution in [-0.2, 0) is 4.74 Å². The summed E-state index contributed by atoms with van der Waals surface area (Å²) < 4.78 is 4.52. The second-order valence-corrected chi connectivity index (χ2v) is 3.32. The molecule has 0 N–H and O–H groups in total. The van der Waals surface area contributed by atoms with Crippen molar-refractivity contribution in [1.82, 2.24) is 15.2 Å². The molecule has 0 saturated carbocycles. The number of methoxy groups -OCH3 is 1. The van der Waals surface area contributed by atoms with Gasteiger partial charge < -0.3 is 4.74 Å². The Kier molecular flexibility index (Phi) is 3.25. The summed E-state index contributed by atoms with van der Waals surface area (Å²) in [6, 6.07) is 10.1. The van der Waals surface area contributed by atoms with E-state index < -0.39 is 5.97 Å². The van der Waals surface area contributed by atoms with Crippen molar-refractivity contribution in [3.8, 4) is 17.5 Å². The fraction of sp³-hybridized carbons (Fsp3) is 0.0833. The molecule has 0 atom stereocenters. The van der Waals surface area contributed by atoms with Crippen LogP contribution < -0.4 is 0 Å². The van der Waals surface area contributed by atoms with Crippen LogP contribution in [0.3, 0.4) is 0 Å². The molecule has 88 valence electrons. The highest BCUT2D eigenvalue weighted by Gasteiger charge is 2.09. The molecule has 2 aromatic heterocycles. The number of hydrogen-bond donors (Lipinski definition) is 0. The second kappa shape index (κ2) is 5.01. The van der Waals surface area contributed by atoms with E-state index in [1.165, 1.54) is 13.2 Å². The number of hydrogen-bond acceptors (Lipinski definition) is 6. The first-order chi connectivity index (χ1) is 8.74. The zero-order valence-electron chi connectivity index (χ0n) is 9.49. The molecule has 0 aliphatic heterocycles. The molecular formula is C12H8N4O2. The van der Waals surface area contributed by atoms with E-state index in [0.717, 1.165) is 0 Å². The first kappa shape index (κ1) is 11.7. The summed E-state index contributed by atoms with van der Waals surface area (Å²) in [4.78, 5) is 15.3. The van der Waals surface area contributed by atoms with Crippen LogP contribution in [0.4, 0.5) is 0 Å². The van der Waals surface area contributed by atoms with Crippen LogP contribution in [0.5, 0.6) is 0 Å². The molecular weight excluding hydrogens is 232 g/mol. The minimum atomic E-state index is -0.548. The fourth-order valence-electron chi connectivity index (χ4n) is 1.32. The third-order valence-electron chi connectivity index (χ3n) is 2.19. The van der Waals surface area contributed by atoms with Crippen molar-refractivity contribution in [2.75, 3.05) is 7.11 Å². The van der Waals surface area contributed by atoms with Crippen molar-refractivity contribution in [1.29, 1.82) is 5.26 Å². The smallest absolute Gasteiger partial charge is 0.358 e. The van der Waals surface area contributed by atoms with Gasteiger partial charge in [0.15, 0.2) is 5.69 Å². The molecule has 2 heterocycles. The summed E-state index contributed by atoms with van der Waals surface area (Å²) in [6.45, 7) is 0. The number of aromatic nitrogens is 3. The lowest BCUT2D eigenvalue weighted by Gasteiger charge is -2.00. The molecule has 0 amide bonds. The Morgan fingerprint density at radius 3 is 2.67 bits per heavy atom. The minimum Gasteiger partial charge on any atom is -0.464 e. The summed E-state index contributed by atoms with van der Waals surface area (Å²) in [5, 5.41) is 16.4. The Morgan fingerprint density at radius 1 is 1.22 bits per heavy atom. The molecule has 0 aliphatic rings. The fourth-order valence-corrected chi connectivity index (χ4v) is 1.32. The van der Waals surface area contributed by atoms with E-state index in [9.17, 15) is 4.79 Å². The predicted molar refractivity (Wildman–Crippen MR) is 61.3 cm³/mol. The first-order valence-electron chi connectivity index (χ1n) is 5.04. The molecule has 2 aromatic rings. The molecule has 0 aromatic carbocycles. The number of ether oxygens (including phenoxy) is 1. The van der Waals surface area contributed by atoms with Gasteiger partial charge in [-0.15, -0.1) is 10.2 Å². The summed E-state index contributed by atoms with van der Waals surface area (Å²) in [6.07, 6.45) is 0. The molecule has 6 nitrogen and oxygen atoms in total. The highest BCUT2D eigenvalue weighted by molar-refractivity contribution is 5.87. The summed E-state index contributed by atoms with van der Waals surface area (Å²) in [7, 11) is 1.27. The lowest BCUT2D eigenvalue weighted by atomic mass is 10.2. The third-order valence-corrected chi connectivity index (χ3v) is 2.19. The van der Waals surface area contributed by atoms with Crippen LogP contribution >= 0.6 is 0 Å². The minimum absolute atomic E-state index is 0.123. The quantitative estimate of drug-likeness (QED) is 0.732. The number of rotatable bonds is 2. The standard InChI is InChI=1S/C12H8N4O2/c1-18-12(17)11-6-5-10(15-16-11)9-4-2-3-8(7-13)14-9/h2-6H,1H3. The number of carbonyl (C=O) groups is 1. The summed E-state index contributed by atoms with van der Waals surface area (Å²) in [5.74, 6) is -0.548. The normalized spacial score (nSPS) is 9.56. The van der Waals surface area contributed by atoms with Gasteiger partial charge in [-0.2, -0.15) is 5.26 Å². The lowest BCUT2D eigenvalue weighted by molar-refractivity contribution is 0.0592. The Hall–Kier alpha value is -2.81. The van der Waals surface area contributed by atoms with Gasteiger partial charge in [0.25, 0.3) is 0 Å². The largest absolute Gasteiger partial charge is 0.464 e. The van der Waals surface area contributed by atoms with Gasteiger partial charge in [-0.1, -0.05) is 6.07 Å². The van der Waals surface area contributed by atoms with Crippen LogP contribution in [0.25, 0.3) is 11.4 Å². The number of pyridine rings is 1. The number of esters is 1. The van der Waals surface area contributed by atoms with Gasteiger partial charge in [-0.3, -0.25) is 0 Å². The molecule has 0 radical (unpaired) electrons. The average molecular weight is 240 g/mol. The Morgan fingerprint density at radius 2 is 2.06 bits per heavy atom. The lowest BCUT2D eigenvalue weighted by Crippen LogP contribution is -2.05. The Bertz CT molecular complexity index is 617. The maximum atomic E-state index is 11.2. The van der Waals surface area contributed by atoms with Crippen molar-refractivity contribution >= 4 is 5.97 Å². The monoisotopic (exact) mass is 240 g/mol. The third kappa shape index (κ3) is 2.30. The van der Waals surface area contributed by atoms with Gasteiger partial charge in [0.1, 0.15) is 17.5 Å². The molecule has 0 unspecified atom stereocenters. The van der Waals surface area contributed by atoms with E-state index in [1.807, 2.05) is 6.07 Å². The van der Waals surface area contributed by atoms with Gasteiger partial charge in [-0.25, -0.2) is 9.78 Å². The van der Waals surface area contributed by atoms with Gasteiger partial charge in [0.05, 0.1) is 12.8 Å². The van der Waals surface area contributed by atoms with Crippen molar-refractivity contribution in [3.05, 3.63) is 41.7 Å². The first-order valence-corrected chi connectivity index (χ1v) is 5.04. The van der Waals surface area contributed by atoms with Crippen molar-refractivity contribution in [2.24, 2.45) is 0 Å². The van der Waals surface area contributed by atoms with Crippen molar-refractivity contribution in [3.63, 3.8) is 0 Å². The Balaban J connectivity index is 2.34. The van der Waals surface area contributed by atoms with E-state index in [-0.39, 0.29) is 5.69 Å². The zero-order valence-corrected chi connectivity index (χ0v) is 9.49. The van der Waals surface area contributed by atoms with E-state index in [2.05, 4.69) is 19.9 Å². The molecule has 0 spiro atoms. The molecule has 0 bridgehead atoms. The maximum absolute atomic E-state index is 11.2. The summed E-state index contributed by atoms with van der Waals surface area (Å²) >= 11 is 0. The van der Waals surface area contributed by atoms with Crippen LogP contribution in [0, 0.1) is 11.3 Å². The molecule has 2 rings (SSSR count). The van der Waals surface area contributed by atoms with E-state index >= 15 is 0 Å². The van der Waals surface area contributed by atoms with E-state index in [4.69, 9.17) is 5.26 Å². The van der Waals surface area contributed by atoms with Crippen LogP contribution in [-0.4, -0.2) is 28.3 Å². The van der Waals surface area contributed by atoms with Gasteiger partial charge in [-0.05, 0) is 24.3 Å². The zero-order chi connectivity index (χ0) is 13.0. The highest BCUT2D eigenvalue weighted by atomic mass is 16.5. The molecule has 0 aliphatic carbocycles. The van der Waals surface area contributed by atoms with E-state index in [0.29, 0.717) is 17.1 Å². The molecule has 6 heteroatoms. The number of carbonyl (C=O) groups excluding carboxylic acids is 1. The molecule has 0 fully saturated rings. The topological polar surface area (TPSA) is 88.8 Å². The van der Waals surface area contributed by atoms with Crippen molar-refractivity contribution < 1.29 is 9.53 Å². The second-order valence-electron chi connectivity index (χ2n) is 3.32. The molecule has 0 saturated heterocycles. The van der Waals surface area contributed by atoms with Gasteiger partial charge in [0.2, 0.25) is 0 Å². The number of nitrogens with zero attached hydrogens (tertiary/aromatic N) is 4. The van der Waals surface area contributed by atoms with Crippen molar-refractivity contribution in [2.45, 2.75) is 0 Å². The van der Waals surface area contributed by atoms with Crippen LogP contribution in [0.15, 0.2) is 30.3 Å².